The third-order valence-electron chi connectivity index (χ3n) is 3.06. The molecule has 19 heavy (non-hydrogen) atoms. The van der Waals surface area contributed by atoms with Gasteiger partial charge >= 0.3 is 0 Å². The second-order valence-electron chi connectivity index (χ2n) is 4.43. The van der Waals surface area contributed by atoms with Crippen LogP contribution in [0, 0.1) is 0 Å². The molecule has 7 heteroatoms. The zero-order valence-electron chi connectivity index (χ0n) is 11.3. The first-order chi connectivity index (χ1) is 8.67. The molecule has 0 aromatic rings. The fourth-order valence-corrected chi connectivity index (χ4v) is 3.38. The highest BCUT2D eigenvalue weighted by molar-refractivity contribution is 7.99. The van der Waals surface area contributed by atoms with Crippen LogP contribution in [0.2, 0.25) is 0 Å². The average Bonchev–Trinajstić information content (AvgIpc) is 2.38. The summed E-state index contributed by atoms with van der Waals surface area (Å²) in [6.07, 6.45) is 4.61. The van der Waals surface area contributed by atoms with E-state index in [2.05, 4.69) is 17.6 Å². The highest BCUT2D eigenvalue weighted by Crippen LogP contribution is 2.28. The van der Waals surface area contributed by atoms with Crippen molar-refractivity contribution < 1.29 is 9.59 Å². The Balaban J connectivity index is 0.00000324. The molecular formula is C12H24ClN3O2S. The number of carbonyl (C=O) groups excluding carboxylic acids is 2. The Kier molecular flexibility index (Phi) is 10.1. The number of rotatable bonds is 6. The van der Waals surface area contributed by atoms with Crippen LogP contribution in [0.3, 0.4) is 0 Å². The Labute approximate surface area is 125 Å². The van der Waals surface area contributed by atoms with Gasteiger partial charge < -0.3 is 16.4 Å². The van der Waals surface area contributed by atoms with Gasteiger partial charge in [-0.05, 0) is 18.6 Å². The molecule has 0 bridgehead atoms. The van der Waals surface area contributed by atoms with E-state index in [1.54, 1.807) is 0 Å². The zero-order chi connectivity index (χ0) is 13.4. The maximum absolute atomic E-state index is 11.7. The van der Waals surface area contributed by atoms with Gasteiger partial charge in [-0.25, -0.2) is 0 Å². The van der Waals surface area contributed by atoms with E-state index >= 15 is 0 Å². The molecule has 1 aliphatic carbocycles. The summed E-state index contributed by atoms with van der Waals surface area (Å²) in [5.74, 6) is 0.652. The number of carbonyl (C=O) groups is 2. The summed E-state index contributed by atoms with van der Waals surface area (Å²) >= 11 is 1.91. The molecule has 1 fully saturated rings. The van der Waals surface area contributed by atoms with Crippen LogP contribution in [-0.4, -0.2) is 41.9 Å². The summed E-state index contributed by atoms with van der Waals surface area (Å²) in [6, 6.07) is 0.242. The predicted molar refractivity (Wildman–Crippen MR) is 81.6 cm³/mol. The zero-order valence-corrected chi connectivity index (χ0v) is 12.9. The molecule has 0 spiro atoms. The van der Waals surface area contributed by atoms with Crippen molar-refractivity contribution in [1.29, 1.82) is 0 Å². The Bertz CT molecular complexity index is 290. The number of nitrogens with one attached hydrogen (secondary N) is 2. The number of nitrogens with two attached hydrogens (primary N) is 1. The van der Waals surface area contributed by atoms with Gasteiger partial charge in [-0.3, -0.25) is 9.59 Å². The maximum Gasteiger partial charge on any atom is 0.239 e. The quantitative estimate of drug-likeness (QED) is 0.673. The van der Waals surface area contributed by atoms with Crippen LogP contribution in [0.5, 0.6) is 0 Å². The molecule has 112 valence electrons. The molecule has 4 N–H and O–H groups in total. The van der Waals surface area contributed by atoms with Crippen molar-refractivity contribution in [2.75, 3.05) is 18.8 Å². The first-order valence-electron chi connectivity index (χ1n) is 6.55. The minimum atomic E-state index is -0.298. The molecule has 1 rings (SSSR count). The van der Waals surface area contributed by atoms with Crippen LogP contribution in [0.25, 0.3) is 0 Å². The first-order valence-corrected chi connectivity index (χ1v) is 7.60. The average molecular weight is 310 g/mol. The summed E-state index contributed by atoms with van der Waals surface area (Å²) in [6.45, 7) is 2.08. The molecule has 0 saturated heterocycles. The van der Waals surface area contributed by atoms with Gasteiger partial charge in [0, 0.05) is 11.3 Å². The fraction of sp³-hybridized carbons (Fsp3) is 0.833. The van der Waals surface area contributed by atoms with Gasteiger partial charge in [0.2, 0.25) is 11.8 Å². The van der Waals surface area contributed by atoms with Crippen molar-refractivity contribution in [3.8, 4) is 0 Å². The normalized spacial score (nSPS) is 22.2. The van der Waals surface area contributed by atoms with E-state index in [1.807, 2.05) is 11.8 Å². The third kappa shape index (κ3) is 7.03. The van der Waals surface area contributed by atoms with Crippen molar-refractivity contribution >= 4 is 36.0 Å². The van der Waals surface area contributed by atoms with E-state index in [-0.39, 0.29) is 43.4 Å². The fourth-order valence-electron chi connectivity index (χ4n) is 2.18. The summed E-state index contributed by atoms with van der Waals surface area (Å²) in [5, 5.41) is 6.02. The molecule has 2 atom stereocenters. The van der Waals surface area contributed by atoms with Crippen molar-refractivity contribution in [2.45, 2.75) is 43.9 Å². The molecule has 0 aliphatic heterocycles. The lowest BCUT2D eigenvalue weighted by Gasteiger charge is -2.31. The Morgan fingerprint density at radius 3 is 2.58 bits per heavy atom. The molecule has 0 aromatic heterocycles. The molecule has 1 aliphatic rings. The van der Waals surface area contributed by atoms with E-state index in [4.69, 9.17) is 5.73 Å². The van der Waals surface area contributed by atoms with Gasteiger partial charge in [0.1, 0.15) is 0 Å². The summed E-state index contributed by atoms with van der Waals surface area (Å²) < 4.78 is 0. The number of hydrogen-bond donors (Lipinski definition) is 3. The largest absolute Gasteiger partial charge is 0.351 e. The van der Waals surface area contributed by atoms with Gasteiger partial charge in [-0.15, -0.1) is 12.4 Å². The van der Waals surface area contributed by atoms with Gasteiger partial charge in [-0.1, -0.05) is 19.8 Å². The van der Waals surface area contributed by atoms with E-state index in [0.29, 0.717) is 5.25 Å². The van der Waals surface area contributed by atoms with Crippen molar-refractivity contribution in [1.82, 2.24) is 10.6 Å². The number of halogens is 1. The maximum atomic E-state index is 11.7. The van der Waals surface area contributed by atoms with Crippen LogP contribution >= 0.6 is 24.2 Å². The highest BCUT2D eigenvalue weighted by Gasteiger charge is 2.26. The summed E-state index contributed by atoms with van der Waals surface area (Å²) in [7, 11) is 0. The number of amides is 2. The van der Waals surface area contributed by atoms with E-state index in [9.17, 15) is 9.59 Å². The molecule has 1 saturated carbocycles. The molecule has 5 nitrogen and oxygen atoms in total. The minimum Gasteiger partial charge on any atom is -0.351 e. The second kappa shape index (κ2) is 10.3. The predicted octanol–water partition coefficient (Wildman–Crippen LogP) is 0.664. The molecule has 0 radical (unpaired) electrons. The lowest BCUT2D eigenvalue weighted by Crippen LogP contribution is -2.48. The minimum absolute atomic E-state index is 0. The Morgan fingerprint density at radius 2 is 1.95 bits per heavy atom. The van der Waals surface area contributed by atoms with Crippen LogP contribution in [0.4, 0.5) is 0 Å². The Hall–Kier alpha value is -0.460. The molecule has 0 heterocycles. The molecule has 0 aromatic carbocycles. The van der Waals surface area contributed by atoms with Crippen molar-refractivity contribution in [3.05, 3.63) is 0 Å². The topological polar surface area (TPSA) is 84.2 Å². The highest BCUT2D eigenvalue weighted by atomic mass is 35.5. The van der Waals surface area contributed by atoms with Gasteiger partial charge in [-0.2, -0.15) is 11.8 Å². The summed E-state index contributed by atoms with van der Waals surface area (Å²) in [4.78, 5) is 22.7. The van der Waals surface area contributed by atoms with Crippen LogP contribution < -0.4 is 16.4 Å². The van der Waals surface area contributed by atoms with Gasteiger partial charge in [0.25, 0.3) is 0 Å². The van der Waals surface area contributed by atoms with Crippen LogP contribution in [-0.2, 0) is 9.59 Å². The van der Waals surface area contributed by atoms with E-state index < -0.39 is 0 Å². The van der Waals surface area contributed by atoms with Gasteiger partial charge in [0.15, 0.2) is 0 Å². The lowest BCUT2D eigenvalue weighted by molar-refractivity contribution is -0.125. The molecular weight excluding hydrogens is 286 g/mol. The van der Waals surface area contributed by atoms with Crippen LogP contribution in [0.15, 0.2) is 0 Å². The van der Waals surface area contributed by atoms with E-state index in [1.165, 1.54) is 19.3 Å². The number of hydrogen-bond acceptors (Lipinski definition) is 4. The number of thioether (sulfide) groups is 1. The van der Waals surface area contributed by atoms with E-state index in [0.717, 1.165) is 12.2 Å². The van der Waals surface area contributed by atoms with Gasteiger partial charge in [0.05, 0.1) is 13.1 Å². The Morgan fingerprint density at radius 1 is 1.26 bits per heavy atom. The smallest absolute Gasteiger partial charge is 0.239 e. The molecule has 2 amide bonds. The first kappa shape index (κ1) is 18.5. The van der Waals surface area contributed by atoms with Crippen molar-refractivity contribution in [2.24, 2.45) is 5.73 Å². The lowest BCUT2D eigenvalue weighted by atomic mass is 9.95. The third-order valence-corrected chi connectivity index (χ3v) is 4.39. The monoisotopic (exact) mass is 309 g/mol. The van der Waals surface area contributed by atoms with Crippen molar-refractivity contribution in [3.63, 3.8) is 0 Å². The SMILES string of the molecule is CCSC1CCCCC1NC(=O)CNC(=O)CN.Cl. The second-order valence-corrected chi connectivity index (χ2v) is 5.95. The molecule has 2 unspecified atom stereocenters. The summed E-state index contributed by atoms with van der Waals surface area (Å²) in [5.41, 5.74) is 5.16. The standard InChI is InChI=1S/C12H23N3O2S.ClH/c1-2-18-10-6-4-3-5-9(10)15-12(17)8-14-11(16)7-13;/h9-10H,2-8,13H2,1H3,(H,14,16)(H,15,17);1H. The van der Waals surface area contributed by atoms with Crippen LogP contribution in [0.1, 0.15) is 32.6 Å².